The van der Waals surface area contributed by atoms with Gasteiger partial charge in [0.15, 0.2) is 0 Å². The summed E-state index contributed by atoms with van der Waals surface area (Å²) in [4.78, 5) is 24.7. The van der Waals surface area contributed by atoms with Crippen LogP contribution in [0.3, 0.4) is 0 Å². The maximum absolute atomic E-state index is 12.7. The van der Waals surface area contributed by atoms with Gasteiger partial charge in [-0.1, -0.05) is 27.7 Å². The van der Waals surface area contributed by atoms with Gasteiger partial charge in [-0.25, -0.2) is 4.79 Å². The lowest BCUT2D eigenvalue weighted by Crippen LogP contribution is -2.55. The number of carbonyl (C=O) groups excluding carboxylic acids is 2. The molecule has 9 atom stereocenters. The number of rotatable bonds is 15. The Morgan fingerprint density at radius 1 is 0.905 bits per heavy atom. The van der Waals surface area contributed by atoms with Crippen molar-refractivity contribution in [1.29, 1.82) is 0 Å². The van der Waals surface area contributed by atoms with Gasteiger partial charge in [-0.2, -0.15) is 0 Å². The first kappa shape index (κ1) is 33.7. The van der Waals surface area contributed by atoms with Crippen molar-refractivity contribution in [3.63, 3.8) is 0 Å². The molecule has 0 aromatic carbocycles. The van der Waals surface area contributed by atoms with Crippen molar-refractivity contribution in [2.75, 3.05) is 33.3 Å². The van der Waals surface area contributed by atoms with Crippen LogP contribution in [0, 0.1) is 46.3 Å². The van der Waals surface area contributed by atoms with Crippen molar-refractivity contribution in [3.8, 4) is 0 Å². The molecule has 7 heteroatoms. The van der Waals surface area contributed by atoms with Gasteiger partial charge in [0.2, 0.25) is 5.91 Å². The Balaban J connectivity index is 1.24. The third kappa shape index (κ3) is 7.54. The van der Waals surface area contributed by atoms with Crippen LogP contribution in [0.1, 0.15) is 118 Å². The summed E-state index contributed by atoms with van der Waals surface area (Å²) in [6.07, 6.45) is 17.3. The molecule has 0 aliphatic heterocycles. The van der Waals surface area contributed by atoms with E-state index in [0.717, 1.165) is 75.0 Å². The summed E-state index contributed by atoms with van der Waals surface area (Å²) >= 11 is 0. The smallest absolute Gasteiger partial charge is 0.328 e. The van der Waals surface area contributed by atoms with Gasteiger partial charge in [-0.05, 0) is 156 Å². The first-order valence-corrected chi connectivity index (χ1v) is 17.6. The molecule has 4 aliphatic carbocycles. The van der Waals surface area contributed by atoms with E-state index in [9.17, 15) is 9.59 Å². The molecule has 4 saturated carbocycles. The highest BCUT2D eigenvalue weighted by Gasteiger charge is 2.59. The molecule has 9 unspecified atom stereocenters. The second-order valence-electron chi connectivity index (χ2n) is 15.4. The molecule has 0 aromatic rings. The van der Waals surface area contributed by atoms with Gasteiger partial charge in [0.1, 0.15) is 6.04 Å². The van der Waals surface area contributed by atoms with Crippen LogP contribution in [0.2, 0.25) is 0 Å². The van der Waals surface area contributed by atoms with E-state index in [-0.39, 0.29) is 17.8 Å². The van der Waals surface area contributed by atoms with Crippen LogP contribution in [0.5, 0.6) is 0 Å². The first-order valence-electron chi connectivity index (χ1n) is 17.6. The van der Waals surface area contributed by atoms with Crippen LogP contribution in [0.4, 0.5) is 0 Å². The molecule has 42 heavy (non-hydrogen) atoms. The number of ether oxygens (including phenoxy) is 1. The number of carbonyl (C=O) groups is 2. The largest absolute Gasteiger partial charge is 0.467 e. The van der Waals surface area contributed by atoms with Gasteiger partial charge >= 0.3 is 5.97 Å². The third-order valence-electron chi connectivity index (χ3n) is 12.8. The van der Waals surface area contributed by atoms with Gasteiger partial charge in [0.05, 0.1) is 7.11 Å². The van der Waals surface area contributed by atoms with E-state index < -0.39 is 6.04 Å². The molecule has 0 bridgehead atoms. The number of esters is 1. The highest BCUT2D eigenvalue weighted by Crippen LogP contribution is 2.67. The Labute approximate surface area is 257 Å². The van der Waals surface area contributed by atoms with Crippen molar-refractivity contribution in [3.05, 3.63) is 0 Å². The van der Waals surface area contributed by atoms with Crippen LogP contribution in [-0.4, -0.2) is 57.2 Å². The molecule has 0 radical (unpaired) electrons. The maximum Gasteiger partial charge on any atom is 0.328 e. The van der Waals surface area contributed by atoms with Crippen molar-refractivity contribution in [1.82, 2.24) is 16.0 Å². The lowest BCUT2D eigenvalue weighted by atomic mass is 9.44. The topological polar surface area (TPSA) is 105 Å². The van der Waals surface area contributed by atoms with Gasteiger partial charge < -0.3 is 26.4 Å². The van der Waals surface area contributed by atoms with Gasteiger partial charge in [0.25, 0.3) is 0 Å². The van der Waals surface area contributed by atoms with Crippen molar-refractivity contribution in [2.24, 2.45) is 52.1 Å². The minimum absolute atomic E-state index is 0.0157. The zero-order valence-corrected chi connectivity index (χ0v) is 27.6. The van der Waals surface area contributed by atoms with Crippen molar-refractivity contribution >= 4 is 11.9 Å². The van der Waals surface area contributed by atoms with Crippen LogP contribution in [0.15, 0.2) is 0 Å². The second kappa shape index (κ2) is 15.2. The van der Waals surface area contributed by atoms with Crippen molar-refractivity contribution in [2.45, 2.75) is 130 Å². The lowest BCUT2D eigenvalue weighted by molar-refractivity contribution is -0.146. The quantitative estimate of drug-likeness (QED) is 0.151. The molecule has 4 aliphatic rings. The number of fused-ring (bicyclic) bond motifs is 5. The highest BCUT2D eigenvalue weighted by atomic mass is 16.5. The molecule has 0 aromatic heterocycles. The summed E-state index contributed by atoms with van der Waals surface area (Å²) in [5.74, 6) is 3.93. The number of nitrogens with two attached hydrogens (primary N) is 1. The van der Waals surface area contributed by atoms with Crippen LogP contribution >= 0.6 is 0 Å². The Morgan fingerprint density at radius 2 is 1.64 bits per heavy atom. The summed E-state index contributed by atoms with van der Waals surface area (Å²) in [6, 6.07) is 0.149. The number of methoxy groups -OCH3 is 1. The molecular formula is C35H64N4O3. The Morgan fingerprint density at radius 3 is 2.38 bits per heavy atom. The number of hydrogen-bond acceptors (Lipinski definition) is 6. The van der Waals surface area contributed by atoms with E-state index >= 15 is 0 Å². The van der Waals surface area contributed by atoms with E-state index in [1.165, 1.54) is 71.3 Å². The Kier molecular flexibility index (Phi) is 12.2. The predicted molar refractivity (Wildman–Crippen MR) is 171 cm³/mol. The normalized spacial score (nSPS) is 36.5. The molecule has 7 nitrogen and oxygen atoms in total. The van der Waals surface area contributed by atoms with E-state index in [1.807, 2.05) is 13.8 Å². The zero-order valence-electron chi connectivity index (χ0n) is 27.6. The minimum Gasteiger partial charge on any atom is -0.467 e. The van der Waals surface area contributed by atoms with E-state index in [4.69, 9.17) is 10.5 Å². The SMILES string of the molecule is COC(=O)C(NC(=O)CCCC1CCC2C3CCC4CC(NCCCNCCCN)CCC4(C)C3CCC12C)C(C)C. The molecule has 0 spiro atoms. The second-order valence-corrected chi connectivity index (χ2v) is 15.4. The fourth-order valence-corrected chi connectivity index (χ4v) is 10.3. The summed E-state index contributed by atoms with van der Waals surface area (Å²) < 4.78 is 4.89. The number of nitrogens with one attached hydrogen (secondary N) is 3. The number of amides is 1. The Bertz CT molecular complexity index is 882. The molecule has 4 fully saturated rings. The molecule has 0 saturated heterocycles. The molecule has 242 valence electrons. The third-order valence-corrected chi connectivity index (χ3v) is 12.8. The summed E-state index contributed by atoms with van der Waals surface area (Å²) in [5, 5.41) is 10.4. The fourth-order valence-electron chi connectivity index (χ4n) is 10.3. The Hall–Kier alpha value is -1.18. The van der Waals surface area contributed by atoms with Crippen LogP contribution in [0.25, 0.3) is 0 Å². The molecule has 0 heterocycles. The first-order chi connectivity index (χ1) is 20.1. The van der Waals surface area contributed by atoms with Crippen LogP contribution in [-0.2, 0) is 14.3 Å². The average molecular weight is 589 g/mol. The van der Waals surface area contributed by atoms with Crippen molar-refractivity contribution < 1.29 is 14.3 Å². The fraction of sp³-hybridized carbons (Fsp3) is 0.943. The molecular weight excluding hydrogens is 524 g/mol. The van der Waals surface area contributed by atoms with Gasteiger partial charge in [0, 0.05) is 12.5 Å². The maximum atomic E-state index is 12.7. The van der Waals surface area contributed by atoms with E-state index in [1.54, 1.807) is 0 Å². The van der Waals surface area contributed by atoms with E-state index in [2.05, 4.69) is 29.8 Å². The number of hydrogen-bond donors (Lipinski definition) is 4. The van der Waals surface area contributed by atoms with Crippen LogP contribution < -0.4 is 21.7 Å². The van der Waals surface area contributed by atoms with Gasteiger partial charge in [-0.3, -0.25) is 4.79 Å². The summed E-state index contributed by atoms with van der Waals surface area (Å²) in [7, 11) is 1.39. The lowest BCUT2D eigenvalue weighted by Gasteiger charge is -2.61. The summed E-state index contributed by atoms with van der Waals surface area (Å²) in [6.45, 7) is 13.2. The van der Waals surface area contributed by atoms with E-state index in [0.29, 0.717) is 23.3 Å². The average Bonchev–Trinajstić information content (AvgIpc) is 3.31. The highest BCUT2D eigenvalue weighted by molar-refractivity contribution is 5.84. The molecule has 1 amide bonds. The molecule has 5 N–H and O–H groups in total. The zero-order chi connectivity index (χ0) is 30.3. The van der Waals surface area contributed by atoms with Gasteiger partial charge in [-0.15, -0.1) is 0 Å². The minimum atomic E-state index is -0.553. The predicted octanol–water partition coefficient (Wildman–Crippen LogP) is 5.42. The summed E-state index contributed by atoms with van der Waals surface area (Å²) in [5.41, 5.74) is 6.55. The standard InChI is InChI=1S/C35H64N4O3/c1-24(2)32(33(41)42-5)39-31(40)10-6-9-25-12-14-29-28-13-11-26-23-27(38-22-8-21-37-20-7-19-36)15-17-35(26,4)30(28)16-18-34(25,29)3/h24-30,32,37-38H,6-23,36H2,1-5H3,(H,39,40). The molecule has 4 rings (SSSR count). The monoisotopic (exact) mass is 588 g/mol.